The van der Waals surface area contributed by atoms with Crippen molar-refractivity contribution < 1.29 is 31.3 Å². The van der Waals surface area contributed by atoms with Gasteiger partial charge >= 0.3 is 5.97 Å². The maximum Gasteiger partial charge on any atom is 0.360 e. The van der Waals surface area contributed by atoms with Crippen molar-refractivity contribution in [2.24, 2.45) is 10.8 Å². The monoisotopic (exact) mass is 454 g/mol. The van der Waals surface area contributed by atoms with E-state index in [0.717, 1.165) is 6.26 Å². The zero-order valence-corrected chi connectivity index (χ0v) is 19.6. The summed E-state index contributed by atoms with van der Waals surface area (Å²) in [5.74, 6) is 0.117. The van der Waals surface area contributed by atoms with Crippen LogP contribution in [0, 0.1) is 10.8 Å². The van der Waals surface area contributed by atoms with Crippen molar-refractivity contribution in [1.82, 2.24) is 9.97 Å². The third-order valence-electron chi connectivity index (χ3n) is 4.24. The number of esters is 1. The van der Waals surface area contributed by atoms with Crippen LogP contribution in [0.25, 0.3) is 11.5 Å². The molecule has 0 unspecified atom stereocenters. The molecule has 0 saturated carbocycles. The molecule has 172 valence electrons. The van der Waals surface area contributed by atoms with Gasteiger partial charge in [-0.3, -0.25) is 9.17 Å². The zero-order chi connectivity index (χ0) is 23.3. The highest BCUT2D eigenvalue weighted by Gasteiger charge is 2.31. The van der Waals surface area contributed by atoms with Gasteiger partial charge in [-0.05, 0) is 30.2 Å². The number of ether oxygens (including phenoxy) is 2. The number of rotatable bonds is 11. The standard InChI is InChI=1S/C21H30N2O7S/c1-7-27-19(24)16-11-28-18(23-16)15-8-9-22-10-17(15)29-13-20(2,3)12-21(4,5)14-30-31(6,25)26/h8-11H,7,12-14H2,1-6H3. The van der Waals surface area contributed by atoms with Crippen molar-refractivity contribution in [3.8, 4) is 17.2 Å². The molecule has 0 fully saturated rings. The second-order valence-corrected chi connectivity index (χ2v) is 10.5. The molecule has 31 heavy (non-hydrogen) atoms. The molecule has 0 atom stereocenters. The molecule has 0 amide bonds. The first kappa shape index (κ1) is 24.8. The van der Waals surface area contributed by atoms with E-state index < -0.39 is 16.1 Å². The average Bonchev–Trinajstić information content (AvgIpc) is 3.14. The summed E-state index contributed by atoms with van der Waals surface area (Å²) in [6.07, 6.45) is 6.06. The molecule has 0 saturated heterocycles. The van der Waals surface area contributed by atoms with Crippen LogP contribution in [-0.2, 0) is 19.0 Å². The van der Waals surface area contributed by atoms with E-state index in [1.54, 1.807) is 25.4 Å². The summed E-state index contributed by atoms with van der Waals surface area (Å²) in [5, 5.41) is 0. The Morgan fingerprint density at radius 1 is 1.16 bits per heavy atom. The van der Waals surface area contributed by atoms with Gasteiger partial charge in [-0.1, -0.05) is 27.7 Å². The molecule has 0 bridgehead atoms. The minimum atomic E-state index is -3.50. The van der Waals surface area contributed by atoms with Crippen LogP contribution in [0.2, 0.25) is 0 Å². The lowest BCUT2D eigenvalue weighted by Crippen LogP contribution is -2.32. The highest BCUT2D eigenvalue weighted by atomic mass is 32.2. The molecular formula is C21H30N2O7S. The fourth-order valence-corrected chi connectivity index (χ4v) is 3.84. The molecule has 0 spiro atoms. The number of nitrogens with zero attached hydrogens (tertiary/aromatic N) is 2. The van der Waals surface area contributed by atoms with Gasteiger partial charge in [-0.25, -0.2) is 9.78 Å². The molecule has 0 aliphatic carbocycles. The Balaban J connectivity index is 2.10. The highest BCUT2D eigenvalue weighted by molar-refractivity contribution is 7.85. The van der Waals surface area contributed by atoms with Crippen molar-refractivity contribution in [3.63, 3.8) is 0 Å². The van der Waals surface area contributed by atoms with E-state index >= 15 is 0 Å². The van der Waals surface area contributed by atoms with E-state index in [1.807, 2.05) is 27.7 Å². The lowest BCUT2D eigenvalue weighted by Gasteiger charge is -2.34. The van der Waals surface area contributed by atoms with Crippen LogP contribution >= 0.6 is 0 Å². The van der Waals surface area contributed by atoms with Gasteiger partial charge in [0.1, 0.15) is 12.0 Å². The van der Waals surface area contributed by atoms with E-state index in [0.29, 0.717) is 24.3 Å². The molecule has 2 heterocycles. The molecular weight excluding hydrogens is 424 g/mol. The molecule has 0 aliphatic heterocycles. The Bertz CT molecular complexity index is 997. The Labute approximate surface area is 183 Å². The topological polar surface area (TPSA) is 118 Å². The summed E-state index contributed by atoms with van der Waals surface area (Å²) in [6.45, 7) is 10.3. The smallest absolute Gasteiger partial charge is 0.360 e. The van der Waals surface area contributed by atoms with Gasteiger partial charge in [-0.15, -0.1) is 0 Å². The van der Waals surface area contributed by atoms with Crippen molar-refractivity contribution >= 4 is 16.1 Å². The average molecular weight is 455 g/mol. The summed E-state index contributed by atoms with van der Waals surface area (Å²) in [4.78, 5) is 20.1. The minimum Gasteiger partial charge on any atom is -0.491 e. The van der Waals surface area contributed by atoms with Crippen molar-refractivity contribution in [2.45, 2.75) is 41.0 Å². The lowest BCUT2D eigenvalue weighted by atomic mass is 9.76. The normalized spacial score (nSPS) is 12.6. The second kappa shape index (κ2) is 9.78. The molecule has 0 radical (unpaired) electrons. The van der Waals surface area contributed by atoms with Crippen LogP contribution in [0.15, 0.2) is 29.1 Å². The van der Waals surface area contributed by atoms with Crippen molar-refractivity contribution in [1.29, 1.82) is 0 Å². The maximum atomic E-state index is 11.8. The van der Waals surface area contributed by atoms with E-state index in [2.05, 4.69) is 9.97 Å². The first-order chi connectivity index (χ1) is 14.3. The molecule has 0 aromatic carbocycles. The van der Waals surface area contributed by atoms with Crippen LogP contribution in [0.5, 0.6) is 5.75 Å². The zero-order valence-electron chi connectivity index (χ0n) is 18.8. The SMILES string of the molecule is CCOC(=O)c1coc(-c2ccncc2OCC(C)(C)CC(C)(C)COS(C)(=O)=O)n1. The molecule has 9 nitrogen and oxygen atoms in total. The van der Waals surface area contributed by atoms with E-state index in [4.69, 9.17) is 18.1 Å². The molecule has 2 aromatic heterocycles. The number of aromatic nitrogens is 2. The Kier molecular flexibility index (Phi) is 7.82. The first-order valence-electron chi connectivity index (χ1n) is 9.86. The first-order valence-corrected chi connectivity index (χ1v) is 11.7. The third kappa shape index (κ3) is 7.95. The fourth-order valence-electron chi connectivity index (χ4n) is 3.31. The Hall–Kier alpha value is -2.46. The number of carbonyl (C=O) groups excluding carboxylic acids is 1. The summed E-state index contributed by atoms with van der Waals surface area (Å²) in [7, 11) is -3.50. The van der Waals surface area contributed by atoms with Gasteiger partial charge in [0.15, 0.2) is 5.69 Å². The van der Waals surface area contributed by atoms with Gasteiger partial charge in [0, 0.05) is 6.20 Å². The van der Waals surface area contributed by atoms with Crippen molar-refractivity contribution in [2.75, 3.05) is 26.1 Å². The summed E-state index contributed by atoms with van der Waals surface area (Å²) in [5.41, 5.74) is -0.0526. The Morgan fingerprint density at radius 3 is 2.48 bits per heavy atom. The lowest BCUT2D eigenvalue weighted by molar-refractivity contribution is 0.0519. The quantitative estimate of drug-likeness (QED) is 0.370. The molecule has 10 heteroatoms. The number of carbonyl (C=O) groups is 1. The highest BCUT2D eigenvalue weighted by Crippen LogP contribution is 2.36. The van der Waals surface area contributed by atoms with Gasteiger partial charge in [0.2, 0.25) is 5.89 Å². The van der Waals surface area contributed by atoms with Gasteiger partial charge in [-0.2, -0.15) is 8.42 Å². The molecule has 2 rings (SSSR count). The van der Waals surface area contributed by atoms with Crippen LogP contribution in [0.4, 0.5) is 0 Å². The molecule has 0 N–H and O–H groups in total. The largest absolute Gasteiger partial charge is 0.491 e. The van der Waals surface area contributed by atoms with Crippen LogP contribution in [0.3, 0.4) is 0 Å². The predicted octanol–water partition coefficient (Wildman–Crippen LogP) is 3.71. The van der Waals surface area contributed by atoms with E-state index in [-0.39, 0.29) is 35.6 Å². The number of oxazole rings is 1. The van der Waals surface area contributed by atoms with Gasteiger partial charge < -0.3 is 13.9 Å². The number of pyridine rings is 1. The van der Waals surface area contributed by atoms with Gasteiger partial charge in [0.25, 0.3) is 10.1 Å². The van der Waals surface area contributed by atoms with E-state index in [9.17, 15) is 13.2 Å². The summed E-state index contributed by atoms with van der Waals surface area (Å²) in [6, 6.07) is 1.69. The second-order valence-electron chi connectivity index (χ2n) is 8.89. The van der Waals surface area contributed by atoms with Crippen molar-refractivity contribution in [3.05, 3.63) is 30.4 Å². The van der Waals surface area contributed by atoms with E-state index in [1.165, 1.54) is 6.26 Å². The van der Waals surface area contributed by atoms with Crippen LogP contribution < -0.4 is 4.74 Å². The predicted molar refractivity (Wildman–Crippen MR) is 114 cm³/mol. The summed E-state index contributed by atoms with van der Waals surface area (Å²) >= 11 is 0. The number of hydrogen-bond acceptors (Lipinski definition) is 9. The third-order valence-corrected chi connectivity index (χ3v) is 4.79. The molecule has 2 aromatic rings. The van der Waals surface area contributed by atoms with Crippen LogP contribution in [-0.4, -0.2) is 50.4 Å². The fraction of sp³-hybridized carbons (Fsp3) is 0.571. The number of hydrogen-bond donors (Lipinski definition) is 0. The molecule has 0 aliphatic rings. The maximum absolute atomic E-state index is 11.8. The Morgan fingerprint density at radius 2 is 1.84 bits per heavy atom. The van der Waals surface area contributed by atoms with Gasteiger partial charge in [0.05, 0.1) is 37.8 Å². The summed E-state index contributed by atoms with van der Waals surface area (Å²) < 4.78 is 44.0. The van der Waals surface area contributed by atoms with Crippen LogP contribution in [0.1, 0.15) is 51.5 Å². The minimum absolute atomic E-state index is 0.0765.